The highest BCUT2D eigenvalue weighted by atomic mass is 16.6. The number of fused-ring (bicyclic) bond motifs is 1. The van der Waals surface area contributed by atoms with Crippen LogP contribution >= 0.6 is 0 Å². The summed E-state index contributed by atoms with van der Waals surface area (Å²) in [5.41, 5.74) is -0.816. The van der Waals surface area contributed by atoms with Gasteiger partial charge in [-0.15, -0.1) is 0 Å². The average molecular weight is 791 g/mol. The molecule has 0 aliphatic rings. The fraction of sp³-hybridized carbons (Fsp3) is 0.596. The summed E-state index contributed by atoms with van der Waals surface area (Å²) in [7, 11) is 0. The highest BCUT2D eigenvalue weighted by molar-refractivity contribution is 6.08. The zero-order valence-corrected chi connectivity index (χ0v) is 35.0. The lowest BCUT2D eigenvalue weighted by atomic mass is 9.98. The number of rotatable bonds is 29. The minimum Gasteiger partial charge on any atom is -0.508 e. The molecule has 1 N–H and O–H groups in total. The molecule has 0 aliphatic carbocycles. The summed E-state index contributed by atoms with van der Waals surface area (Å²) in [6, 6.07) is 7.15. The summed E-state index contributed by atoms with van der Waals surface area (Å²) >= 11 is 0. The zero-order valence-electron chi connectivity index (χ0n) is 35.0. The van der Waals surface area contributed by atoms with Gasteiger partial charge >= 0.3 is 17.9 Å². The number of hydrogen-bond donors (Lipinski definition) is 1. The van der Waals surface area contributed by atoms with Crippen molar-refractivity contribution in [2.75, 3.05) is 0 Å². The van der Waals surface area contributed by atoms with Gasteiger partial charge in [0.05, 0.1) is 0 Å². The Bertz CT molecular complexity index is 1770. The SMILES string of the molecule is CCCCCCCC(=O)Oc1cc2oc(-c3ccc(O)cc3)c(OC(=O)CCCCCCC)c(=O)c2c(OC(=O)CCCCCCC)c1C(=O)CCCCCCC. The topological polar surface area (TPSA) is 146 Å². The molecule has 2 aromatic carbocycles. The van der Waals surface area contributed by atoms with Crippen molar-refractivity contribution in [3.05, 3.63) is 46.1 Å². The molecule has 0 aliphatic heterocycles. The number of hydrogen-bond acceptors (Lipinski definition) is 10. The third kappa shape index (κ3) is 15.8. The van der Waals surface area contributed by atoms with Gasteiger partial charge in [0.15, 0.2) is 17.3 Å². The van der Waals surface area contributed by atoms with E-state index in [2.05, 4.69) is 27.7 Å². The molecule has 0 fully saturated rings. The Morgan fingerprint density at radius 2 is 0.965 bits per heavy atom. The highest BCUT2D eigenvalue weighted by Crippen LogP contribution is 2.42. The van der Waals surface area contributed by atoms with E-state index in [9.17, 15) is 29.1 Å². The second kappa shape index (κ2) is 26.4. The van der Waals surface area contributed by atoms with Crippen LogP contribution in [0.2, 0.25) is 0 Å². The van der Waals surface area contributed by atoms with Crippen LogP contribution in [0.15, 0.2) is 39.5 Å². The van der Waals surface area contributed by atoms with Crippen molar-refractivity contribution in [1.29, 1.82) is 0 Å². The van der Waals surface area contributed by atoms with E-state index in [0.29, 0.717) is 31.2 Å². The van der Waals surface area contributed by atoms with Gasteiger partial charge in [0.25, 0.3) is 0 Å². The Balaban J connectivity index is 2.25. The fourth-order valence-corrected chi connectivity index (χ4v) is 6.76. The molecule has 0 saturated carbocycles. The van der Waals surface area contributed by atoms with Crippen molar-refractivity contribution in [2.24, 2.45) is 0 Å². The lowest BCUT2D eigenvalue weighted by molar-refractivity contribution is -0.135. The number of ketones is 1. The third-order valence-corrected chi connectivity index (χ3v) is 10.1. The molecular formula is C47H66O10. The number of esters is 3. The van der Waals surface area contributed by atoms with Gasteiger partial charge in [0.1, 0.15) is 28.0 Å². The molecule has 1 aromatic heterocycles. The number of ether oxygens (including phenoxy) is 3. The maximum absolute atomic E-state index is 14.7. The maximum atomic E-state index is 14.7. The highest BCUT2D eigenvalue weighted by Gasteiger charge is 2.31. The van der Waals surface area contributed by atoms with E-state index in [-0.39, 0.29) is 65.2 Å². The molecule has 3 aromatic rings. The Morgan fingerprint density at radius 1 is 0.544 bits per heavy atom. The van der Waals surface area contributed by atoms with Crippen LogP contribution in [-0.4, -0.2) is 28.8 Å². The van der Waals surface area contributed by atoms with Crippen LogP contribution in [0.4, 0.5) is 0 Å². The van der Waals surface area contributed by atoms with Crippen molar-refractivity contribution in [3.63, 3.8) is 0 Å². The Morgan fingerprint density at radius 3 is 1.44 bits per heavy atom. The molecule has 0 spiro atoms. The number of Topliss-reactive ketones (excluding diaryl/α,β-unsaturated/α-hetero) is 1. The number of benzene rings is 2. The molecule has 0 bridgehead atoms. The third-order valence-electron chi connectivity index (χ3n) is 10.1. The quantitative estimate of drug-likeness (QED) is 0.0312. The first-order valence-corrected chi connectivity index (χ1v) is 21.8. The monoisotopic (exact) mass is 790 g/mol. The van der Waals surface area contributed by atoms with Crippen LogP contribution in [0, 0.1) is 0 Å². The second-order valence-electron chi connectivity index (χ2n) is 15.1. The van der Waals surface area contributed by atoms with E-state index in [1.165, 1.54) is 30.3 Å². The summed E-state index contributed by atoms with van der Waals surface area (Å²) in [6.45, 7) is 8.42. The normalized spacial score (nSPS) is 11.2. The van der Waals surface area contributed by atoms with Gasteiger partial charge in [-0.3, -0.25) is 24.0 Å². The van der Waals surface area contributed by atoms with E-state index < -0.39 is 34.9 Å². The van der Waals surface area contributed by atoms with Gasteiger partial charge in [-0.25, -0.2) is 0 Å². The first-order chi connectivity index (χ1) is 27.6. The van der Waals surface area contributed by atoms with Crippen molar-refractivity contribution >= 4 is 34.7 Å². The molecule has 314 valence electrons. The summed E-state index contributed by atoms with van der Waals surface area (Å²) < 4.78 is 24.1. The molecule has 0 unspecified atom stereocenters. The lowest BCUT2D eigenvalue weighted by Crippen LogP contribution is -2.20. The van der Waals surface area contributed by atoms with Crippen LogP contribution in [0.5, 0.6) is 23.0 Å². The first-order valence-electron chi connectivity index (χ1n) is 21.8. The van der Waals surface area contributed by atoms with Gasteiger partial charge in [-0.2, -0.15) is 0 Å². The van der Waals surface area contributed by atoms with Crippen LogP contribution in [0.1, 0.15) is 192 Å². The Kier molecular flexibility index (Phi) is 21.8. The van der Waals surface area contributed by atoms with E-state index in [1.807, 2.05) is 0 Å². The van der Waals surface area contributed by atoms with Crippen LogP contribution < -0.4 is 19.6 Å². The summed E-state index contributed by atoms with van der Waals surface area (Å²) in [5, 5.41) is 9.76. The van der Waals surface area contributed by atoms with Gasteiger partial charge in [-0.1, -0.05) is 130 Å². The van der Waals surface area contributed by atoms with Gasteiger partial charge < -0.3 is 23.7 Å². The van der Waals surface area contributed by atoms with Gasteiger partial charge in [0, 0.05) is 37.3 Å². The molecule has 0 atom stereocenters. The number of aromatic hydroxyl groups is 1. The number of carbonyl (C=O) groups is 4. The molecule has 57 heavy (non-hydrogen) atoms. The van der Waals surface area contributed by atoms with Gasteiger partial charge in [-0.05, 0) is 49.9 Å². The maximum Gasteiger partial charge on any atom is 0.311 e. The smallest absolute Gasteiger partial charge is 0.311 e. The largest absolute Gasteiger partial charge is 0.508 e. The lowest BCUT2D eigenvalue weighted by Gasteiger charge is -2.18. The van der Waals surface area contributed by atoms with E-state index in [1.54, 1.807) is 0 Å². The molecule has 10 nitrogen and oxygen atoms in total. The minimum atomic E-state index is -0.824. The summed E-state index contributed by atoms with van der Waals surface area (Å²) in [4.78, 5) is 69.2. The molecule has 1 heterocycles. The molecule has 0 saturated heterocycles. The summed E-state index contributed by atoms with van der Waals surface area (Å²) in [6.07, 6.45) is 18.0. The average Bonchev–Trinajstić information content (AvgIpc) is 3.18. The first kappa shape index (κ1) is 46.9. The predicted octanol–water partition coefficient (Wildman–Crippen LogP) is 12.5. The molecule has 10 heteroatoms. The van der Waals surface area contributed by atoms with E-state index in [4.69, 9.17) is 18.6 Å². The molecule has 3 rings (SSSR count). The van der Waals surface area contributed by atoms with E-state index in [0.717, 1.165) is 103 Å². The summed E-state index contributed by atoms with van der Waals surface area (Å²) in [5.74, 6) is -3.41. The number of phenolic OH excluding ortho intramolecular Hbond substituents is 1. The van der Waals surface area contributed by atoms with Crippen molar-refractivity contribution in [1.82, 2.24) is 0 Å². The van der Waals surface area contributed by atoms with Crippen molar-refractivity contribution in [2.45, 2.75) is 182 Å². The van der Waals surface area contributed by atoms with E-state index >= 15 is 0 Å². The fourth-order valence-electron chi connectivity index (χ4n) is 6.76. The second-order valence-corrected chi connectivity index (χ2v) is 15.1. The van der Waals surface area contributed by atoms with Crippen molar-refractivity contribution in [3.8, 4) is 34.3 Å². The molecular weight excluding hydrogens is 725 g/mol. The van der Waals surface area contributed by atoms with Crippen LogP contribution in [0.25, 0.3) is 22.3 Å². The van der Waals surface area contributed by atoms with Crippen LogP contribution in [0.3, 0.4) is 0 Å². The van der Waals surface area contributed by atoms with Gasteiger partial charge in [0.2, 0.25) is 11.2 Å². The number of unbranched alkanes of at least 4 members (excludes halogenated alkanes) is 16. The Labute approximate surface area is 339 Å². The number of carbonyl (C=O) groups excluding carboxylic acids is 4. The minimum absolute atomic E-state index is 0.0295. The standard InChI is InChI=1S/C47H66O10/c1-5-9-13-17-21-25-36(49)42-37(54-39(50)26-22-18-14-10-6-2)33-38-43(46(42)56-40(51)27-23-19-15-11-7-3)44(53)47(57-41(52)28-24-20-16-12-8-4)45(55-38)34-29-31-35(48)32-30-34/h29-33,48H,5-28H2,1-4H3. The number of phenols is 1. The predicted molar refractivity (Wildman–Crippen MR) is 224 cm³/mol. The molecule has 0 amide bonds. The zero-order chi connectivity index (χ0) is 41.4. The molecule has 0 radical (unpaired) electrons. The Hall–Kier alpha value is -4.47. The van der Waals surface area contributed by atoms with Crippen molar-refractivity contribution < 1.29 is 42.9 Å². The van der Waals surface area contributed by atoms with Crippen LogP contribution in [-0.2, 0) is 14.4 Å².